The van der Waals surface area contributed by atoms with Gasteiger partial charge >= 0.3 is 0 Å². The molecule has 0 radical (unpaired) electrons. The van der Waals surface area contributed by atoms with Gasteiger partial charge in [-0.2, -0.15) is 0 Å². The summed E-state index contributed by atoms with van der Waals surface area (Å²) < 4.78 is 27.9. The molecule has 4 rings (SSSR count). The molecule has 0 spiro atoms. The minimum absolute atomic E-state index is 0.226. The molecule has 0 bridgehead atoms. The van der Waals surface area contributed by atoms with Gasteiger partial charge in [-0.1, -0.05) is 29.8 Å². The lowest BCUT2D eigenvalue weighted by molar-refractivity contribution is 0.221. The predicted octanol–water partition coefficient (Wildman–Crippen LogP) is 6.49. The molecule has 2 nitrogen and oxygen atoms in total. The Balaban J connectivity index is 1.94. The Kier molecular flexibility index (Phi) is 5.22. The number of aliphatic hydroxyl groups excluding tert-OH is 1. The highest BCUT2D eigenvalue weighted by Gasteiger charge is 2.24. The van der Waals surface area contributed by atoms with E-state index in [2.05, 4.69) is 4.98 Å². The lowest BCUT2D eigenvalue weighted by Crippen LogP contribution is -2.03. The molecule has 0 aliphatic rings. The number of halogens is 3. The van der Waals surface area contributed by atoms with Crippen molar-refractivity contribution in [3.8, 4) is 21.6 Å². The quantitative estimate of drug-likeness (QED) is 0.414. The van der Waals surface area contributed by atoms with Gasteiger partial charge in [0.25, 0.3) is 0 Å². The first-order valence-corrected chi connectivity index (χ1v) is 9.71. The van der Waals surface area contributed by atoms with E-state index in [1.807, 2.05) is 12.1 Å². The van der Waals surface area contributed by atoms with E-state index in [1.165, 1.54) is 23.5 Å². The molecule has 0 fully saturated rings. The lowest BCUT2D eigenvalue weighted by Gasteiger charge is -2.16. The molecule has 2 aromatic heterocycles. The number of hydrogen-bond donors (Lipinski definition) is 1. The molecule has 0 aliphatic carbocycles. The molecule has 140 valence electrons. The van der Waals surface area contributed by atoms with Crippen LogP contribution >= 0.6 is 22.9 Å². The smallest absolute Gasteiger partial charge is 0.133 e. The van der Waals surface area contributed by atoms with Crippen LogP contribution in [0.4, 0.5) is 8.78 Å². The maximum absolute atomic E-state index is 14.5. The summed E-state index contributed by atoms with van der Waals surface area (Å²) in [5.74, 6) is -1.34. The Morgan fingerprint density at radius 1 is 1.00 bits per heavy atom. The van der Waals surface area contributed by atoms with Gasteiger partial charge in [-0.25, -0.2) is 8.78 Å². The monoisotopic (exact) mass is 413 g/mol. The topological polar surface area (TPSA) is 33.1 Å². The highest BCUT2D eigenvalue weighted by Crippen LogP contribution is 2.44. The Labute approximate surface area is 169 Å². The van der Waals surface area contributed by atoms with Crippen molar-refractivity contribution in [2.24, 2.45) is 0 Å². The summed E-state index contributed by atoms with van der Waals surface area (Å²) in [5, 5.41) is 13.4. The first kappa shape index (κ1) is 18.7. The molecule has 1 atom stereocenters. The molecular weight excluding hydrogens is 400 g/mol. The average molecular weight is 414 g/mol. The van der Waals surface area contributed by atoms with Crippen molar-refractivity contribution in [2.45, 2.75) is 6.10 Å². The van der Waals surface area contributed by atoms with Crippen LogP contribution in [0, 0.1) is 11.6 Å². The molecule has 0 saturated heterocycles. The van der Waals surface area contributed by atoms with Gasteiger partial charge in [-0.15, -0.1) is 11.3 Å². The summed E-state index contributed by atoms with van der Waals surface area (Å²) in [6.07, 6.45) is 2.14. The summed E-state index contributed by atoms with van der Waals surface area (Å²) in [6.45, 7) is 0. The van der Waals surface area contributed by atoms with Crippen molar-refractivity contribution >= 4 is 22.9 Å². The fraction of sp³-hybridized carbons (Fsp3) is 0.0455. The molecule has 0 aliphatic heterocycles. The Morgan fingerprint density at radius 2 is 1.86 bits per heavy atom. The molecule has 1 unspecified atom stereocenters. The number of aliphatic hydroxyl groups is 1. The van der Waals surface area contributed by atoms with Crippen molar-refractivity contribution in [1.82, 2.24) is 4.98 Å². The second-order valence-corrected chi connectivity index (χ2v) is 7.53. The highest BCUT2D eigenvalue weighted by atomic mass is 35.5. The van der Waals surface area contributed by atoms with Gasteiger partial charge in [0, 0.05) is 50.6 Å². The summed E-state index contributed by atoms with van der Waals surface area (Å²) in [4.78, 5) is 4.82. The third kappa shape index (κ3) is 3.56. The van der Waals surface area contributed by atoms with E-state index in [-0.39, 0.29) is 5.56 Å². The van der Waals surface area contributed by atoms with Gasteiger partial charge in [0.05, 0.1) is 0 Å². The van der Waals surface area contributed by atoms with Crippen molar-refractivity contribution < 1.29 is 13.9 Å². The number of thiophene rings is 1. The van der Waals surface area contributed by atoms with E-state index in [9.17, 15) is 13.9 Å². The fourth-order valence-corrected chi connectivity index (χ4v) is 4.40. The normalized spacial score (nSPS) is 12.1. The van der Waals surface area contributed by atoms with Crippen LogP contribution in [0.5, 0.6) is 0 Å². The van der Waals surface area contributed by atoms with Crippen LogP contribution in [0.15, 0.2) is 72.4 Å². The van der Waals surface area contributed by atoms with E-state index in [4.69, 9.17) is 11.6 Å². The summed E-state index contributed by atoms with van der Waals surface area (Å²) in [5.41, 5.74) is 2.65. The number of hydrogen-bond acceptors (Lipinski definition) is 3. The Bertz CT molecular complexity index is 1130. The van der Waals surface area contributed by atoms with Crippen molar-refractivity contribution in [2.75, 3.05) is 0 Å². The number of aromatic nitrogens is 1. The van der Waals surface area contributed by atoms with Gasteiger partial charge in [0.2, 0.25) is 0 Å². The van der Waals surface area contributed by atoms with Crippen LogP contribution in [0.1, 0.15) is 17.2 Å². The number of benzene rings is 2. The molecule has 1 N–H and O–H groups in total. The second kappa shape index (κ2) is 7.80. The maximum Gasteiger partial charge on any atom is 0.133 e. The number of nitrogens with zero attached hydrogens (tertiary/aromatic N) is 1. The molecule has 6 heteroatoms. The minimum Gasteiger partial charge on any atom is -0.384 e. The second-order valence-electron chi connectivity index (χ2n) is 6.22. The summed E-state index contributed by atoms with van der Waals surface area (Å²) >= 11 is 7.51. The van der Waals surface area contributed by atoms with E-state index in [0.717, 1.165) is 16.5 Å². The minimum atomic E-state index is -1.03. The fourth-order valence-electron chi connectivity index (χ4n) is 3.11. The van der Waals surface area contributed by atoms with Crippen molar-refractivity contribution in [3.63, 3.8) is 0 Å². The first-order valence-electron chi connectivity index (χ1n) is 8.45. The third-order valence-corrected chi connectivity index (χ3v) is 5.69. The molecule has 0 amide bonds. The highest BCUT2D eigenvalue weighted by molar-refractivity contribution is 7.14. The molecule has 4 aromatic rings. The van der Waals surface area contributed by atoms with Gasteiger partial charge in [0.15, 0.2) is 0 Å². The maximum atomic E-state index is 14.5. The molecule has 2 heterocycles. The van der Waals surface area contributed by atoms with Crippen molar-refractivity contribution in [3.05, 3.63) is 100 Å². The Morgan fingerprint density at radius 3 is 2.57 bits per heavy atom. The first-order chi connectivity index (χ1) is 13.5. The molecule has 28 heavy (non-hydrogen) atoms. The molecule has 0 saturated carbocycles. The average Bonchev–Trinajstić information content (AvgIpc) is 3.13. The van der Waals surface area contributed by atoms with Gasteiger partial charge in [0.1, 0.15) is 17.7 Å². The van der Waals surface area contributed by atoms with E-state index >= 15 is 0 Å². The molecule has 2 aromatic carbocycles. The van der Waals surface area contributed by atoms with Crippen LogP contribution in [-0.4, -0.2) is 10.1 Å². The van der Waals surface area contributed by atoms with Gasteiger partial charge < -0.3 is 5.11 Å². The summed E-state index contributed by atoms with van der Waals surface area (Å²) in [6, 6.07) is 14.1. The number of pyridine rings is 1. The van der Waals surface area contributed by atoms with Crippen LogP contribution < -0.4 is 0 Å². The van der Waals surface area contributed by atoms with E-state index < -0.39 is 17.7 Å². The zero-order valence-electron chi connectivity index (χ0n) is 14.4. The van der Waals surface area contributed by atoms with E-state index in [0.29, 0.717) is 21.7 Å². The zero-order valence-corrected chi connectivity index (χ0v) is 16.0. The van der Waals surface area contributed by atoms with Crippen molar-refractivity contribution in [1.29, 1.82) is 0 Å². The van der Waals surface area contributed by atoms with E-state index in [1.54, 1.807) is 42.0 Å². The molecular formula is C22H14ClF2NOS. The predicted molar refractivity (Wildman–Crippen MR) is 108 cm³/mol. The SMILES string of the molecule is OC(c1cccnc1)c1c(-c2ccc(F)cc2F)csc1-c1cccc(Cl)c1. The lowest BCUT2D eigenvalue weighted by atomic mass is 9.93. The standard InChI is InChI=1S/C22H14ClF2NOS/c23-15-5-1-3-13(9-15)22-20(21(27)14-4-2-8-26-11-14)18(12-28-22)17-7-6-16(24)10-19(17)25/h1-12,21,27H. The largest absolute Gasteiger partial charge is 0.384 e. The van der Waals surface area contributed by atoms with Crippen LogP contribution in [-0.2, 0) is 0 Å². The van der Waals surface area contributed by atoms with Gasteiger partial charge in [-0.05, 0) is 41.3 Å². The third-order valence-electron chi connectivity index (χ3n) is 4.41. The van der Waals surface area contributed by atoms with Crippen LogP contribution in [0.3, 0.4) is 0 Å². The zero-order chi connectivity index (χ0) is 19.7. The van der Waals surface area contributed by atoms with Crippen LogP contribution in [0.25, 0.3) is 21.6 Å². The van der Waals surface area contributed by atoms with Crippen LogP contribution in [0.2, 0.25) is 5.02 Å². The summed E-state index contributed by atoms with van der Waals surface area (Å²) in [7, 11) is 0. The number of rotatable bonds is 4. The van der Waals surface area contributed by atoms with Gasteiger partial charge in [-0.3, -0.25) is 4.98 Å². The Hall–Kier alpha value is -2.60.